The van der Waals surface area contributed by atoms with Gasteiger partial charge >= 0.3 is 6.09 Å². The quantitative estimate of drug-likeness (QED) is 0.618. The van der Waals surface area contributed by atoms with Crippen molar-refractivity contribution in [1.29, 1.82) is 0 Å². The lowest BCUT2D eigenvalue weighted by molar-refractivity contribution is 0.0523. The summed E-state index contributed by atoms with van der Waals surface area (Å²) >= 11 is 0. The summed E-state index contributed by atoms with van der Waals surface area (Å²) in [5.74, 6) is 0.298. The average Bonchev–Trinajstić information content (AvgIpc) is 2.44. The predicted molar refractivity (Wildman–Crippen MR) is 89.6 cm³/mol. The number of carbonyl (C=O) groups excluding carboxylic acids is 1. The Kier molecular flexibility index (Phi) is 6.23. The second kappa shape index (κ2) is 7.69. The predicted octanol–water partition coefficient (Wildman–Crippen LogP) is 4.58. The molecule has 22 heavy (non-hydrogen) atoms. The molecule has 4 nitrogen and oxygen atoms in total. The molecule has 0 unspecified atom stereocenters. The molecular weight excluding hydrogens is 278 g/mol. The van der Waals surface area contributed by atoms with Crippen molar-refractivity contribution < 1.29 is 14.6 Å². The van der Waals surface area contributed by atoms with Crippen LogP contribution in [-0.2, 0) is 11.3 Å². The number of aliphatic hydroxyl groups is 1. The second-order valence-corrected chi connectivity index (χ2v) is 5.97. The number of aliphatic hydroxyl groups excluding tert-OH is 1. The van der Waals surface area contributed by atoms with E-state index in [1.165, 1.54) is 0 Å². The van der Waals surface area contributed by atoms with E-state index in [1.54, 1.807) is 6.08 Å². The third-order valence-corrected chi connectivity index (χ3v) is 2.92. The number of alkyl carbamates (subject to hydrolysis) is 1. The number of rotatable bonds is 5. The molecule has 0 fully saturated rings. The van der Waals surface area contributed by atoms with E-state index in [2.05, 4.69) is 11.9 Å². The van der Waals surface area contributed by atoms with Crippen molar-refractivity contribution in [2.75, 3.05) is 0 Å². The number of amides is 1. The van der Waals surface area contributed by atoms with Gasteiger partial charge in [0, 0.05) is 18.5 Å². The first-order valence-electron chi connectivity index (χ1n) is 7.37. The number of ether oxygens (including phenoxy) is 1. The molecule has 0 atom stereocenters. The van der Waals surface area contributed by atoms with Gasteiger partial charge in [0.05, 0.1) is 5.76 Å². The Balaban J connectivity index is 2.81. The van der Waals surface area contributed by atoms with Crippen LogP contribution in [0.25, 0.3) is 5.57 Å². The van der Waals surface area contributed by atoms with Crippen molar-refractivity contribution >= 4 is 11.7 Å². The number of benzene rings is 1. The fraction of sp³-hybridized carbons (Fsp3) is 0.389. The van der Waals surface area contributed by atoms with Gasteiger partial charge in [-0.3, -0.25) is 0 Å². The van der Waals surface area contributed by atoms with E-state index >= 15 is 0 Å². The van der Waals surface area contributed by atoms with Gasteiger partial charge in [-0.15, -0.1) is 0 Å². The van der Waals surface area contributed by atoms with Crippen LogP contribution >= 0.6 is 0 Å². The summed E-state index contributed by atoms with van der Waals surface area (Å²) in [5, 5.41) is 12.6. The molecule has 1 aromatic carbocycles. The van der Waals surface area contributed by atoms with Crippen LogP contribution in [0.4, 0.5) is 4.79 Å². The molecule has 0 aliphatic carbocycles. The SMILES string of the molecule is C=C/C(=C(/O)CC)c1cccc(CNC(=O)OC(C)(C)C)c1. The van der Waals surface area contributed by atoms with E-state index in [-0.39, 0.29) is 0 Å². The molecule has 1 amide bonds. The van der Waals surface area contributed by atoms with Crippen LogP contribution in [0.3, 0.4) is 0 Å². The van der Waals surface area contributed by atoms with Gasteiger partial charge in [-0.1, -0.05) is 37.8 Å². The second-order valence-electron chi connectivity index (χ2n) is 5.97. The molecule has 0 spiro atoms. The zero-order chi connectivity index (χ0) is 16.8. The summed E-state index contributed by atoms with van der Waals surface area (Å²) in [6, 6.07) is 7.61. The highest BCUT2D eigenvalue weighted by Crippen LogP contribution is 2.21. The Labute approximate surface area is 132 Å². The third kappa shape index (κ3) is 5.64. The number of allylic oxidation sites excluding steroid dienone is 3. The lowest BCUT2D eigenvalue weighted by Crippen LogP contribution is -2.32. The first kappa shape index (κ1) is 17.8. The van der Waals surface area contributed by atoms with Gasteiger partial charge in [-0.05, 0) is 38.0 Å². The molecule has 2 N–H and O–H groups in total. The lowest BCUT2D eigenvalue weighted by atomic mass is 10.0. The average molecular weight is 303 g/mol. The molecule has 0 aromatic heterocycles. The molecule has 0 aliphatic heterocycles. The number of carbonyl (C=O) groups is 1. The van der Waals surface area contributed by atoms with Crippen molar-refractivity contribution in [1.82, 2.24) is 5.32 Å². The van der Waals surface area contributed by atoms with Gasteiger partial charge in [0.15, 0.2) is 0 Å². The van der Waals surface area contributed by atoms with Crippen LogP contribution in [0, 0.1) is 0 Å². The molecule has 0 saturated heterocycles. The Morgan fingerprint density at radius 1 is 1.41 bits per heavy atom. The standard InChI is InChI=1S/C18H25NO3/c1-6-15(16(20)7-2)14-10-8-9-13(11-14)12-19-17(21)22-18(3,4)5/h6,8-11,20H,1,7,12H2,2-5H3,(H,19,21)/b16-15-. The largest absolute Gasteiger partial charge is 0.512 e. The summed E-state index contributed by atoms with van der Waals surface area (Å²) < 4.78 is 5.20. The first-order chi connectivity index (χ1) is 10.3. The highest BCUT2D eigenvalue weighted by molar-refractivity contribution is 5.75. The zero-order valence-electron chi connectivity index (χ0n) is 13.8. The fourth-order valence-electron chi connectivity index (χ4n) is 1.93. The molecule has 4 heteroatoms. The van der Waals surface area contributed by atoms with Gasteiger partial charge in [-0.25, -0.2) is 4.79 Å². The molecule has 0 aliphatic rings. The van der Waals surface area contributed by atoms with Crippen LogP contribution < -0.4 is 5.32 Å². The Morgan fingerprint density at radius 3 is 2.64 bits per heavy atom. The summed E-state index contributed by atoms with van der Waals surface area (Å²) in [5.41, 5.74) is 1.99. The molecule has 1 rings (SSSR count). The van der Waals surface area contributed by atoms with Gasteiger partial charge in [-0.2, -0.15) is 0 Å². The van der Waals surface area contributed by atoms with Crippen molar-refractivity contribution in [3.8, 4) is 0 Å². The van der Waals surface area contributed by atoms with E-state index in [9.17, 15) is 9.90 Å². The van der Waals surface area contributed by atoms with Crippen molar-refractivity contribution in [2.24, 2.45) is 0 Å². The smallest absolute Gasteiger partial charge is 0.407 e. The number of hydrogen-bond acceptors (Lipinski definition) is 3. The summed E-state index contributed by atoms with van der Waals surface area (Å²) in [4.78, 5) is 11.7. The summed E-state index contributed by atoms with van der Waals surface area (Å²) in [6.45, 7) is 11.4. The first-order valence-corrected chi connectivity index (χ1v) is 7.37. The monoisotopic (exact) mass is 303 g/mol. The zero-order valence-corrected chi connectivity index (χ0v) is 13.8. The van der Waals surface area contributed by atoms with E-state index in [0.29, 0.717) is 24.3 Å². The summed E-state index contributed by atoms with van der Waals surface area (Å²) in [7, 11) is 0. The number of hydrogen-bond donors (Lipinski definition) is 2. The minimum absolute atomic E-state index is 0.298. The van der Waals surface area contributed by atoms with Crippen LogP contribution in [0.5, 0.6) is 0 Å². The van der Waals surface area contributed by atoms with Crippen LogP contribution in [0.15, 0.2) is 42.7 Å². The van der Waals surface area contributed by atoms with Gasteiger partial charge in [0.25, 0.3) is 0 Å². The normalized spacial score (nSPS) is 12.4. The molecule has 0 saturated carbocycles. The van der Waals surface area contributed by atoms with Crippen LogP contribution in [0.2, 0.25) is 0 Å². The Hall–Kier alpha value is -2.23. The number of nitrogens with one attached hydrogen (secondary N) is 1. The minimum Gasteiger partial charge on any atom is -0.512 e. The maximum Gasteiger partial charge on any atom is 0.407 e. The molecule has 120 valence electrons. The van der Waals surface area contributed by atoms with Gasteiger partial charge in [0.1, 0.15) is 5.60 Å². The van der Waals surface area contributed by atoms with Crippen molar-refractivity contribution in [3.63, 3.8) is 0 Å². The van der Waals surface area contributed by atoms with E-state index < -0.39 is 11.7 Å². The van der Waals surface area contributed by atoms with Crippen molar-refractivity contribution in [2.45, 2.75) is 46.3 Å². The highest BCUT2D eigenvalue weighted by Gasteiger charge is 2.15. The summed E-state index contributed by atoms with van der Waals surface area (Å²) in [6.07, 6.45) is 1.73. The van der Waals surface area contributed by atoms with Crippen molar-refractivity contribution in [3.05, 3.63) is 53.8 Å². The Morgan fingerprint density at radius 2 is 2.09 bits per heavy atom. The topological polar surface area (TPSA) is 58.6 Å². The molecule has 1 aromatic rings. The molecule has 0 radical (unpaired) electrons. The van der Waals surface area contributed by atoms with Gasteiger partial charge in [0.2, 0.25) is 0 Å². The van der Waals surface area contributed by atoms with Crippen LogP contribution in [-0.4, -0.2) is 16.8 Å². The molecule has 0 heterocycles. The Bertz CT molecular complexity index is 568. The highest BCUT2D eigenvalue weighted by atomic mass is 16.6. The third-order valence-electron chi connectivity index (χ3n) is 2.92. The molecular formula is C18H25NO3. The van der Waals surface area contributed by atoms with E-state index in [4.69, 9.17) is 4.74 Å². The minimum atomic E-state index is -0.516. The fourth-order valence-corrected chi connectivity index (χ4v) is 1.93. The van der Waals surface area contributed by atoms with Gasteiger partial charge < -0.3 is 15.2 Å². The van der Waals surface area contributed by atoms with E-state index in [0.717, 1.165) is 11.1 Å². The molecule has 0 bridgehead atoms. The maximum absolute atomic E-state index is 11.7. The van der Waals surface area contributed by atoms with E-state index in [1.807, 2.05) is 52.0 Å². The van der Waals surface area contributed by atoms with Crippen LogP contribution in [0.1, 0.15) is 45.2 Å². The maximum atomic E-state index is 11.7. The lowest BCUT2D eigenvalue weighted by Gasteiger charge is -2.19.